The SMILES string of the molecule is CCN(c1ccccc1)c1cc(C)nc(Nc2ccc(Cl)cc2C)n1. The van der Waals surface area contributed by atoms with Crippen molar-refractivity contribution in [3.05, 3.63) is 70.9 Å². The largest absolute Gasteiger partial charge is 0.326 e. The third-order valence-corrected chi connectivity index (χ3v) is 4.17. The topological polar surface area (TPSA) is 41.1 Å². The van der Waals surface area contributed by atoms with Crippen molar-refractivity contribution < 1.29 is 0 Å². The first-order chi connectivity index (χ1) is 12.1. The van der Waals surface area contributed by atoms with Crippen LogP contribution in [0.4, 0.5) is 23.1 Å². The number of para-hydroxylation sites is 1. The van der Waals surface area contributed by atoms with Gasteiger partial charge in [0.1, 0.15) is 5.82 Å². The van der Waals surface area contributed by atoms with E-state index in [1.165, 1.54) is 0 Å². The summed E-state index contributed by atoms with van der Waals surface area (Å²) in [7, 11) is 0. The van der Waals surface area contributed by atoms with Crippen molar-refractivity contribution in [3.63, 3.8) is 0 Å². The third-order valence-electron chi connectivity index (χ3n) is 3.94. The lowest BCUT2D eigenvalue weighted by atomic mass is 10.2. The first kappa shape index (κ1) is 17.2. The minimum absolute atomic E-state index is 0.579. The average Bonchev–Trinajstić information content (AvgIpc) is 2.59. The Morgan fingerprint density at radius 1 is 1.00 bits per heavy atom. The molecule has 0 saturated carbocycles. The van der Waals surface area contributed by atoms with Gasteiger partial charge in [0.05, 0.1) is 0 Å². The minimum atomic E-state index is 0.579. The number of rotatable bonds is 5. The molecule has 0 bridgehead atoms. The molecule has 1 N–H and O–H groups in total. The lowest BCUT2D eigenvalue weighted by Crippen LogP contribution is -2.18. The summed E-state index contributed by atoms with van der Waals surface area (Å²) in [6.07, 6.45) is 0. The molecule has 0 amide bonds. The van der Waals surface area contributed by atoms with Crippen molar-refractivity contribution in [2.24, 2.45) is 0 Å². The summed E-state index contributed by atoms with van der Waals surface area (Å²) >= 11 is 6.03. The molecule has 3 rings (SSSR count). The lowest BCUT2D eigenvalue weighted by Gasteiger charge is -2.23. The molecule has 2 aromatic carbocycles. The number of nitrogens with zero attached hydrogens (tertiary/aromatic N) is 3. The smallest absolute Gasteiger partial charge is 0.229 e. The molecule has 0 aliphatic rings. The number of hydrogen-bond donors (Lipinski definition) is 1. The summed E-state index contributed by atoms with van der Waals surface area (Å²) in [5.41, 5.74) is 4.02. The number of halogens is 1. The second-order valence-corrected chi connectivity index (χ2v) is 6.29. The monoisotopic (exact) mass is 352 g/mol. The number of aryl methyl sites for hydroxylation is 2. The zero-order valence-electron chi connectivity index (χ0n) is 14.6. The fraction of sp³-hybridized carbons (Fsp3) is 0.200. The third kappa shape index (κ3) is 4.09. The van der Waals surface area contributed by atoms with Gasteiger partial charge in [-0.1, -0.05) is 29.8 Å². The van der Waals surface area contributed by atoms with Crippen LogP contribution in [0.15, 0.2) is 54.6 Å². The Hall–Kier alpha value is -2.59. The van der Waals surface area contributed by atoms with E-state index >= 15 is 0 Å². The van der Waals surface area contributed by atoms with Gasteiger partial charge in [0, 0.05) is 34.7 Å². The molecule has 5 heteroatoms. The van der Waals surface area contributed by atoms with E-state index in [2.05, 4.69) is 34.3 Å². The van der Waals surface area contributed by atoms with Gasteiger partial charge in [-0.25, -0.2) is 4.98 Å². The lowest BCUT2D eigenvalue weighted by molar-refractivity contribution is 0.969. The fourth-order valence-electron chi connectivity index (χ4n) is 2.72. The number of hydrogen-bond acceptors (Lipinski definition) is 4. The van der Waals surface area contributed by atoms with Gasteiger partial charge in [-0.2, -0.15) is 4.98 Å². The summed E-state index contributed by atoms with van der Waals surface area (Å²) in [5, 5.41) is 4.02. The number of benzene rings is 2. The molecule has 0 fully saturated rings. The van der Waals surface area contributed by atoms with Crippen LogP contribution in [0, 0.1) is 13.8 Å². The quantitative estimate of drug-likeness (QED) is 0.644. The van der Waals surface area contributed by atoms with Crippen molar-refractivity contribution >= 4 is 34.7 Å². The Morgan fingerprint density at radius 2 is 1.76 bits per heavy atom. The molecule has 3 aromatic rings. The average molecular weight is 353 g/mol. The first-order valence-electron chi connectivity index (χ1n) is 8.28. The van der Waals surface area contributed by atoms with Gasteiger partial charge in [-0.3, -0.25) is 0 Å². The molecule has 0 saturated heterocycles. The maximum atomic E-state index is 6.03. The van der Waals surface area contributed by atoms with E-state index in [-0.39, 0.29) is 0 Å². The van der Waals surface area contributed by atoms with Crippen molar-refractivity contribution in [1.82, 2.24) is 9.97 Å². The Morgan fingerprint density at radius 3 is 2.44 bits per heavy atom. The summed E-state index contributed by atoms with van der Waals surface area (Å²) in [4.78, 5) is 11.4. The highest BCUT2D eigenvalue weighted by molar-refractivity contribution is 6.30. The molecule has 0 atom stereocenters. The van der Waals surface area contributed by atoms with Crippen LogP contribution >= 0.6 is 11.6 Å². The summed E-state index contributed by atoms with van der Waals surface area (Å²) in [5.74, 6) is 1.45. The second-order valence-electron chi connectivity index (χ2n) is 5.86. The summed E-state index contributed by atoms with van der Waals surface area (Å²) in [6, 6.07) is 17.9. The number of nitrogens with one attached hydrogen (secondary N) is 1. The van der Waals surface area contributed by atoms with Gasteiger partial charge in [-0.15, -0.1) is 0 Å². The van der Waals surface area contributed by atoms with Gasteiger partial charge < -0.3 is 10.2 Å². The normalized spacial score (nSPS) is 10.6. The van der Waals surface area contributed by atoms with Crippen molar-refractivity contribution in [2.45, 2.75) is 20.8 Å². The molecular formula is C20H21ClN4. The first-order valence-corrected chi connectivity index (χ1v) is 8.66. The van der Waals surface area contributed by atoms with Crippen LogP contribution in [0.5, 0.6) is 0 Å². The van der Waals surface area contributed by atoms with E-state index < -0.39 is 0 Å². The highest BCUT2D eigenvalue weighted by Gasteiger charge is 2.12. The van der Waals surface area contributed by atoms with E-state index in [9.17, 15) is 0 Å². The maximum Gasteiger partial charge on any atom is 0.229 e. The summed E-state index contributed by atoms with van der Waals surface area (Å²) in [6.45, 7) is 6.91. The van der Waals surface area contributed by atoms with Gasteiger partial charge in [0.2, 0.25) is 5.95 Å². The minimum Gasteiger partial charge on any atom is -0.326 e. The van der Waals surface area contributed by atoms with Crippen LogP contribution < -0.4 is 10.2 Å². The molecule has 1 heterocycles. The van der Waals surface area contributed by atoms with Gasteiger partial charge in [0.15, 0.2) is 0 Å². The van der Waals surface area contributed by atoms with Crippen LogP contribution in [0.25, 0.3) is 0 Å². The molecule has 1 aromatic heterocycles. The number of anilines is 4. The standard InChI is InChI=1S/C20H21ClN4/c1-4-25(17-8-6-5-7-9-17)19-13-15(3)22-20(24-19)23-18-11-10-16(21)12-14(18)2/h5-13H,4H2,1-3H3,(H,22,23,24). The van der Waals surface area contributed by atoms with E-state index in [4.69, 9.17) is 16.6 Å². The molecule has 0 aliphatic heterocycles. The van der Waals surface area contributed by atoms with E-state index in [1.807, 2.05) is 56.3 Å². The Labute approximate surface area is 153 Å². The zero-order chi connectivity index (χ0) is 17.8. The molecule has 0 unspecified atom stereocenters. The Kier molecular flexibility index (Phi) is 5.19. The van der Waals surface area contributed by atoms with Gasteiger partial charge in [-0.05, 0) is 56.7 Å². The van der Waals surface area contributed by atoms with Crippen molar-refractivity contribution in [1.29, 1.82) is 0 Å². The molecule has 0 aliphatic carbocycles. The molecule has 0 spiro atoms. The van der Waals surface area contributed by atoms with Crippen molar-refractivity contribution in [2.75, 3.05) is 16.8 Å². The Bertz CT molecular complexity index is 865. The summed E-state index contributed by atoms with van der Waals surface area (Å²) < 4.78 is 0. The predicted octanol–water partition coefficient (Wildman–Crippen LogP) is 5.65. The highest BCUT2D eigenvalue weighted by Crippen LogP contribution is 2.26. The van der Waals surface area contributed by atoms with E-state index in [0.717, 1.165) is 40.0 Å². The predicted molar refractivity (Wildman–Crippen MR) is 105 cm³/mol. The highest BCUT2D eigenvalue weighted by atomic mass is 35.5. The van der Waals surface area contributed by atoms with Crippen LogP contribution in [-0.4, -0.2) is 16.5 Å². The Balaban J connectivity index is 1.95. The molecule has 4 nitrogen and oxygen atoms in total. The van der Waals surface area contributed by atoms with E-state index in [0.29, 0.717) is 5.95 Å². The van der Waals surface area contributed by atoms with Crippen LogP contribution in [0.2, 0.25) is 5.02 Å². The number of aromatic nitrogens is 2. The van der Waals surface area contributed by atoms with Gasteiger partial charge in [0.25, 0.3) is 0 Å². The fourth-order valence-corrected chi connectivity index (χ4v) is 2.95. The maximum absolute atomic E-state index is 6.03. The van der Waals surface area contributed by atoms with E-state index in [1.54, 1.807) is 0 Å². The second kappa shape index (κ2) is 7.53. The van der Waals surface area contributed by atoms with Gasteiger partial charge >= 0.3 is 0 Å². The van der Waals surface area contributed by atoms with Crippen LogP contribution in [0.3, 0.4) is 0 Å². The molecule has 0 radical (unpaired) electrons. The molecular weight excluding hydrogens is 332 g/mol. The van der Waals surface area contributed by atoms with Crippen LogP contribution in [0.1, 0.15) is 18.2 Å². The molecule has 128 valence electrons. The molecule has 25 heavy (non-hydrogen) atoms. The van der Waals surface area contributed by atoms with Crippen molar-refractivity contribution in [3.8, 4) is 0 Å². The van der Waals surface area contributed by atoms with Crippen LogP contribution in [-0.2, 0) is 0 Å². The zero-order valence-corrected chi connectivity index (χ0v) is 15.4.